The summed E-state index contributed by atoms with van der Waals surface area (Å²) in [6.07, 6.45) is 3.35. The maximum Gasteiger partial charge on any atom is 0.147 e. The zero-order valence-electron chi connectivity index (χ0n) is 8.94. The number of anilines is 1. The molecule has 0 spiro atoms. The van der Waals surface area contributed by atoms with Crippen molar-refractivity contribution in [2.45, 2.75) is 13.5 Å². The second-order valence-electron chi connectivity index (χ2n) is 3.44. The Morgan fingerprint density at radius 1 is 1.19 bits per heavy atom. The van der Waals surface area contributed by atoms with E-state index in [1.807, 2.05) is 31.2 Å². The van der Waals surface area contributed by atoms with Gasteiger partial charge in [0.2, 0.25) is 0 Å². The normalized spacial score (nSPS) is 10.1. The number of benzene rings is 1. The Hall–Kier alpha value is -1.61. The highest BCUT2D eigenvalue weighted by molar-refractivity contribution is 6.31. The van der Waals surface area contributed by atoms with Crippen LogP contribution in [0, 0.1) is 6.92 Å². The van der Waals surface area contributed by atoms with Gasteiger partial charge in [0, 0.05) is 24.0 Å². The van der Waals surface area contributed by atoms with Gasteiger partial charge in [0.05, 0.1) is 5.69 Å². The van der Waals surface area contributed by atoms with Crippen molar-refractivity contribution in [1.29, 1.82) is 0 Å². The number of aryl methyl sites for hydroxylation is 1. The van der Waals surface area contributed by atoms with Gasteiger partial charge in [0.15, 0.2) is 0 Å². The van der Waals surface area contributed by atoms with Crippen LogP contribution in [0.4, 0.5) is 5.82 Å². The van der Waals surface area contributed by atoms with E-state index in [2.05, 4.69) is 15.3 Å². The molecule has 1 N–H and O–H groups in total. The minimum atomic E-state index is 0.652. The molecule has 2 rings (SSSR count). The molecule has 0 saturated carbocycles. The molecule has 0 aliphatic rings. The lowest BCUT2D eigenvalue weighted by Crippen LogP contribution is -2.04. The van der Waals surface area contributed by atoms with Crippen molar-refractivity contribution in [3.05, 3.63) is 52.9 Å². The van der Waals surface area contributed by atoms with Gasteiger partial charge < -0.3 is 5.32 Å². The molecule has 3 nitrogen and oxygen atoms in total. The van der Waals surface area contributed by atoms with Gasteiger partial charge in [-0.1, -0.05) is 29.8 Å². The van der Waals surface area contributed by atoms with E-state index in [9.17, 15) is 0 Å². The standard InChI is InChI=1S/C12H12ClN3/c1-9-12(15-7-6-14-9)16-8-10-4-2-3-5-11(10)13/h2-7H,8H2,1H3,(H,15,16). The van der Waals surface area contributed by atoms with Crippen LogP contribution in [0.2, 0.25) is 5.02 Å². The first kappa shape index (κ1) is 10.9. The summed E-state index contributed by atoms with van der Waals surface area (Å²) in [6.45, 7) is 2.57. The third kappa shape index (κ3) is 2.49. The Bertz CT molecular complexity index is 440. The number of nitrogens with zero attached hydrogens (tertiary/aromatic N) is 2. The molecule has 0 radical (unpaired) electrons. The second-order valence-corrected chi connectivity index (χ2v) is 3.84. The summed E-state index contributed by atoms with van der Waals surface area (Å²) in [6, 6.07) is 7.75. The first-order valence-electron chi connectivity index (χ1n) is 5.02. The summed E-state index contributed by atoms with van der Waals surface area (Å²) in [4.78, 5) is 8.36. The molecule has 4 heteroatoms. The molecule has 0 fully saturated rings. The molecule has 2 aromatic rings. The van der Waals surface area contributed by atoms with E-state index >= 15 is 0 Å². The second kappa shape index (κ2) is 4.94. The Kier molecular flexibility index (Phi) is 3.37. The van der Waals surface area contributed by atoms with Crippen LogP contribution in [-0.4, -0.2) is 9.97 Å². The molecule has 0 atom stereocenters. The van der Waals surface area contributed by atoms with E-state index in [4.69, 9.17) is 11.6 Å². The Morgan fingerprint density at radius 2 is 1.94 bits per heavy atom. The van der Waals surface area contributed by atoms with E-state index in [1.165, 1.54) is 0 Å². The minimum Gasteiger partial charge on any atom is -0.364 e. The van der Waals surface area contributed by atoms with Gasteiger partial charge in [0.25, 0.3) is 0 Å². The largest absolute Gasteiger partial charge is 0.364 e. The van der Waals surface area contributed by atoms with Crippen LogP contribution in [0.1, 0.15) is 11.3 Å². The van der Waals surface area contributed by atoms with E-state index in [1.54, 1.807) is 12.4 Å². The minimum absolute atomic E-state index is 0.652. The molecular weight excluding hydrogens is 222 g/mol. The van der Waals surface area contributed by atoms with Gasteiger partial charge in [-0.25, -0.2) is 4.98 Å². The van der Waals surface area contributed by atoms with Gasteiger partial charge in [-0.05, 0) is 18.6 Å². The molecule has 0 amide bonds. The van der Waals surface area contributed by atoms with E-state index in [-0.39, 0.29) is 0 Å². The molecule has 1 heterocycles. The number of hydrogen-bond acceptors (Lipinski definition) is 3. The molecule has 1 aromatic heterocycles. The zero-order valence-corrected chi connectivity index (χ0v) is 9.70. The number of rotatable bonds is 3. The van der Waals surface area contributed by atoms with Crippen LogP contribution < -0.4 is 5.32 Å². The third-order valence-electron chi connectivity index (χ3n) is 2.29. The van der Waals surface area contributed by atoms with Gasteiger partial charge in [-0.15, -0.1) is 0 Å². The highest BCUT2D eigenvalue weighted by atomic mass is 35.5. The van der Waals surface area contributed by atoms with Crippen LogP contribution in [0.3, 0.4) is 0 Å². The summed E-state index contributed by atoms with van der Waals surface area (Å²) in [7, 11) is 0. The van der Waals surface area contributed by atoms with Crippen molar-refractivity contribution in [2.75, 3.05) is 5.32 Å². The van der Waals surface area contributed by atoms with E-state index in [0.717, 1.165) is 22.1 Å². The molecule has 82 valence electrons. The van der Waals surface area contributed by atoms with E-state index < -0.39 is 0 Å². The lowest BCUT2D eigenvalue weighted by atomic mass is 10.2. The maximum absolute atomic E-state index is 6.05. The molecule has 0 unspecified atom stereocenters. The fourth-order valence-corrected chi connectivity index (χ4v) is 1.60. The average molecular weight is 234 g/mol. The first-order chi connectivity index (χ1) is 7.77. The molecule has 0 bridgehead atoms. The predicted octanol–water partition coefficient (Wildman–Crippen LogP) is 3.05. The maximum atomic E-state index is 6.05. The van der Waals surface area contributed by atoms with Crippen molar-refractivity contribution < 1.29 is 0 Å². The van der Waals surface area contributed by atoms with Gasteiger partial charge >= 0.3 is 0 Å². The number of hydrogen-bond donors (Lipinski definition) is 1. The molecule has 0 saturated heterocycles. The van der Waals surface area contributed by atoms with Crippen molar-refractivity contribution in [2.24, 2.45) is 0 Å². The van der Waals surface area contributed by atoms with Crippen LogP contribution in [0.5, 0.6) is 0 Å². The van der Waals surface area contributed by atoms with Crippen molar-refractivity contribution >= 4 is 17.4 Å². The van der Waals surface area contributed by atoms with Gasteiger partial charge in [0.1, 0.15) is 5.82 Å². The predicted molar refractivity (Wildman–Crippen MR) is 65.5 cm³/mol. The average Bonchev–Trinajstić information content (AvgIpc) is 2.30. The first-order valence-corrected chi connectivity index (χ1v) is 5.40. The van der Waals surface area contributed by atoms with Crippen molar-refractivity contribution in [3.63, 3.8) is 0 Å². The SMILES string of the molecule is Cc1nccnc1NCc1ccccc1Cl. The summed E-state index contributed by atoms with van der Waals surface area (Å²) >= 11 is 6.05. The lowest BCUT2D eigenvalue weighted by Gasteiger charge is -2.08. The quantitative estimate of drug-likeness (QED) is 0.886. The van der Waals surface area contributed by atoms with Crippen LogP contribution in [0.25, 0.3) is 0 Å². The summed E-state index contributed by atoms with van der Waals surface area (Å²) in [5, 5.41) is 3.97. The summed E-state index contributed by atoms with van der Waals surface area (Å²) < 4.78 is 0. The van der Waals surface area contributed by atoms with Gasteiger partial charge in [-0.3, -0.25) is 4.98 Å². The van der Waals surface area contributed by atoms with Crippen LogP contribution in [-0.2, 0) is 6.54 Å². The zero-order chi connectivity index (χ0) is 11.4. The lowest BCUT2D eigenvalue weighted by molar-refractivity contribution is 1.05. The topological polar surface area (TPSA) is 37.8 Å². The molecule has 1 aromatic carbocycles. The highest BCUT2D eigenvalue weighted by Gasteiger charge is 2.01. The van der Waals surface area contributed by atoms with Crippen molar-refractivity contribution in [3.8, 4) is 0 Å². The van der Waals surface area contributed by atoms with Crippen LogP contribution in [0.15, 0.2) is 36.7 Å². The summed E-state index contributed by atoms with van der Waals surface area (Å²) in [5.74, 6) is 0.794. The molecule has 0 aliphatic heterocycles. The van der Waals surface area contributed by atoms with E-state index in [0.29, 0.717) is 6.54 Å². The van der Waals surface area contributed by atoms with Crippen LogP contribution >= 0.6 is 11.6 Å². The monoisotopic (exact) mass is 233 g/mol. The fraction of sp³-hybridized carbons (Fsp3) is 0.167. The highest BCUT2D eigenvalue weighted by Crippen LogP contribution is 2.16. The molecule has 0 aliphatic carbocycles. The Morgan fingerprint density at radius 3 is 2.69 bits per heavy atom. The third-order valence-corrected chi connectivity index (χ3v) is 2.65. The number of nitrogens with one attached hydrogen (secondary N) is 1. The summed E-state index contributed by atoms with van der Waals surface area (Å²) in [5.41, 5.74) is 1.93. The molecule has 16 heavy (non-hydrogen) atoms. The van der Waals surface area contributed by atoms with Gasteiger partial charge in [-0.2, -0.15) is 0 Å². The number of aromatic nitrogens is 2. The Labute approximate surface area is 99.5 Å². The number of halogens is 1. The smallest absolute Gasteiger partial charge is 0.147 e. The fourth-order valence-electron chi connectivity index (χ4n) is 1.40. The molecular formula is C12H12ClN3. The Balaban J connectivity index is 2.09. The van der Waals surface area contributed by atoms with Crippen molar-refractivity contribution in [1.82, 2.24) is 9.97 Å².